The van der Waals surface area contributed by atoms with Crippen molar-refractivity contribution in [1.29, 1.82) is 0 Å². The van der Waals surface area contributed by atoms with Crippen molar-refractivity contribution in [3.05, 3.63) is 65.7 Å². The van der Waals surface area contributed by atoms with Crippen LogP contribution in [-0.2, 0) is 0 Å². The van der Waals surface area contributed by atoms with E-state index in [1.807, 2.05) is 19.1 Å². The average Bonchev–Trinajstić information content (AvgIpc) is 3.20. The summed E-state index contributed by atoms with van der Waals surface area (Å²) in [6.45, 7) is 2.01. The molecule has 0 spiro atoms. The zero-order valence-corrected chi connectivity index (χ0v) is 19.1. The molecule has 0 bridgehead atoms. The first kappa shape index (κ1) is 23.4. The van der Waals surface area contributed by atoms with Crippen LogP contribution in [0.3, 0.4) is 0 Å². The van der Waals surface area contributed by atoms with Crippen molar-refractivity contribution in [3.63, 3.8) is 0 Å². The number of anilines is 1. The summed E-state index contributed by atoms with van der Waals surface area (Å²) in [5.41, 5.74) is 3.02. The summed E-state index contributed by atoms with van der Waals surface area (Å²) < 4.78 is 53.3. The number of halogens is 3. The number of alkyl halides is 3. The number of aryl methyl sites for hydroxylation is 1. The predicted octanol–water partition coefficient (Wildman–Crippen LogP) is 6.44. The van der Waals surface area contributed by atoms with Gasteiger partial charge < -0.3 is 19.5 Å². The second kappa shape index (κ2) is 9.22. The van der Waals surface area contributed by atoms with Crippen LogP contribution >= 0.6 is 11.3 Å². The van der Waals surface area contributed by atoms with E-state index in [0.717, 1.165) is 38.5 Å². The SMILES string of the molecule is COc1ccc(OC(F)(F)F)cc1C(=O)Nc1ccc(-c2nc3ccc(C)cc3s2)c(OC)c1. The number of nitrogens with one attached hydrogen (secondary N) is 1. The lowest BCUT2D eigenvalue weighted by molar-refractivity contribution is -0.274. The van der Waals surface area contributed by atoms with Crippen LogP contribution < -0.4 is 19.5 Å². The molecule has 1 aromatic heterocycles. The molecule has 0 aliphatic rings. The van der Waals surface area contributed by atoms with Gasteiger partial charge in [-0.3, -0.25) is 4.79 Å². The summed E-state index contributed by atoms with van der Waals surface area (Å²) in [7, 11) is 2.82. The van der Waals surface area contributed by atoms with Crippen molar-refractivity contribution in [2.75, 3.05) is 19.5 Å². The third-order valence-corrected chi connectivity index (χ3v) is 5.93. The third kappa shape index (κ3) is 5.07. The first-order valence-corrected chi connectivity index (χ1v) is 10.8. The molecular formula is C24H19F3N2O4S. The molecule has 0 aliphatic carbocycles. The molecule has 4 aromatic rings. The van der Waals surface area contributed by atoms with Gasteiger partial charge in [0.1, 0.15) is 22.3 Å². The van der Waals surface area contributed by atoms with E-state index in [2.05, 4.69) is 21.1 Å². The highest BCUT2D eigenvalue weighted by atomic mass is 32.1. The number of aromatic nitrogens is 1. The molecule has 0 saturated heterocycles. The van der Waals surface area contributed by atoms with Gasteiger partial charge in [0.15, 0.2) is 0 Å². The van der Waals surface area contributed by atoms with Gasteiger partial charge >= 0.3 is 6.36 Å². The van der Waals surface area contributed by atoms with E-state index < -0.39 is 18.0 Å². The van der Waals surface area contributed by atoms with Crippen LogP contribution in [-0.4, -0.2) is 31.5 Å². The summed E-state index contributed by atoms with van der Waals surface area (Å²) >= 11 is 1.52. The van der Waals surface area contributed by atoms with Crippen molar-refractivity contribution >= 4 is 33.1 Å². The number of hydrogen-bond donors (Lipinski definition) is 1. The number of amides is 1. The molecule has 0 fully saturated rings. The molecule has 176 valence electrons. The fourth-order valence-corrected chi connectivity index (χ4v) is 4.45. The van der Waals surface area contributed by atoms with Crippen LogP contribution in [0.25, 0.3) is 20.8 Å². The average molecular weight is 488 g/mol. The Morgan fingerprint density at radius 3 is 2.44 bits per heavy atom. The molecule has 0 unspecified atom stereocenters. The van der Waals surface area contributed by atoms with Crippen LogP contribution in [0.5, 0.6) is 17.2 Å². The maximum absolute atomic E-state index is 12.8. The molecule has 1 amide bonds. The highest BCUT2D eigenvalue weighted by molar-refractivity contribution is 7.21. The van der Waals surface area contributed by atoms with E-state index in [0.29, 0.717) is 11.4 Å². The first-order valence-electron chi connectivity index (χ1n) is 9.97. The van der Waals surface area contributed by atoms with Crippen molar-refractivity contribution in [1.82, 2.24) is 4.98 Å². The van der Waals surface area contributed by atoms with Gasteiger partial charge in [-0.25, -0.2) is 4.98 Å². The summed E-state index contributed by atoms with van der Waals surface area (Å²) in [4.78, 5) is 17.5. The lowest BCUT2D eigenvalue weighted by Gasteiger charge is -2.14. The summed E-state index contributed by atoms with van der Waals surface area (Å²) in [5.74, 6) is -0.623. The number of nitrogens with zero attached hydrogens (tertiary/aromatic N) is 1. The van der Waals surface area contributed by atoms with Gasteiger partial charge in [0.2, 0.25) is 0 Å². The Balaban J connectivity index is 1.62. The van der Waals surface area contributed by atoms with E-state index in [4.69, 9.17) is 9.47 Å². The minimum atomic E-state index is -4.88. The maximum atomic E-state index is 12.8. The number of fused-ring (bicyclic) bond motifs is 1. The Bertz CT molecular complexity index is 1370. The molecule has 10 heteroatoms. The van der Waals surface area contributed by atoms with Gasteiger partial charge in [0, 0.05) is 11.8 Å². The maximum Gasteiger partial charge on any atom is 0.573 e. The normalized spacial score (nSPS) is 11.4. The molecule has 1 N–H and O–H groups in total. The van der Waals surface area contributed by atoms with Crippen LogP contribution in [0.15, 0.2) is 54.6 Å². The molecule has 6 nitrogen and oxygen atoms in total. The first-order chi connectivity index (χ1) is 16.2. The largest absolute Gasteiger partial charge is 0.573 e. The predicted molar refractivity (Wildman–Crippen MR) is 124 cm³/mol. The molecule has 3 aromatic carbocycles. The lowest BCUT2D eigenvalue weighted by Crippen LogP contribution is -2.18. The minimum absolute atomic E-state index is 0.0976. The number of carbonyl (C=O) groups excluding carboxylic acids is 1. The van der Waals surface area contributed by atoms with E-state index in [9.17, 15) is 18.0 Å². The van der Waals surface area contributed by atoms with Gasteiger partial charge in [-0.2, -0.15) is 0 Å². The fraction of sp³-hybridized carbons (Fsp3) is 0.167. The number of methoxy groups -OCH3 is 2. The molecular weight excluding hydrogens is 469 g/mol. The van der Waals surface area contributed by atoms with Gasteiger partial charge in [-0.05, 0) is 55.0 Å². The van der Waals surface area contributed by atoms with Crippen LogP contribution in [0.1, 0.15) is 15.9 Å². The fourth-order valence-electron chi connectivity index (χ4n) is 3.35. The standard InChI is InChI=1S/C24H19F3N2O4S/c1-13-4-8-18-21(10-13)34-23(29-18)16-7-5-14(11-20(16)32-3)28-22(30)17-12-15(33-24(25,26)27)6-9-19(17)31-2/h4-12H,1-3H3,(H,28,30). The minimum Gasteiger partial charge on any atom is -0.496 e. The van der Waals surface area contributed by atoms with E-state index >= 15 is 0 Å². The van der Waals surface area contributed by atoms with E-state index in [1.165, 1.54) is 31.6 Å². The number of rotatable bonds is 6. The summed E-state index contributed by atoms with van der Waals surface area (Å²) in [6, 6.07) is 14.3. The lowest BCUT2D eigenvalue weighted by atomic mass is 10.1. The number of hydrogen-bond acceptors (Lipinski definition) is 6. The monoisotopic (exact) mass is 488 g/mol. The van der Waals surface area contributed by atoms with Crippen LogP contribution in [0.4, 0.5) is 18.9 Å². The second-order valence-electron chi connectivity index (χ2n) is 7.27. The van der Waals surface area contributed by atoms with Gasteiger partial charge in [0.25, 0.3) is 5.91 Å². The van der Waals surface area contributed by atoms with Crippen molar-refractivity contribution in [2.24, 2.45) is 0 Å². The smallest absolute Gasteiger partial charge is 0.496 e. The number of thiazole rings is 1. The summed E-state index contributed by atoms with van der Waals surface area (Å²) in [5, 5.41) is 3.42. The molecule has 0 radical (unpaired) electrons. The van der Waals surface area contributed by atoms with E-state index in [-0.39, 0.29) is 11.3 Å². The number of benzene rings is 3. The Morgan fingerprint density at radius 1 is 0.971 bits per heavy atom. The highest BCUT2D eigenvalue weighted by Gasteiger charge is 2.31. The Labute approximate surface area is 196 Å². The van der Waals surface area contributed by atoms with Gasteiger partial charge in [0.05, 0.1) is 35.6 Å². The number of carbonyl (C=O) groups is 1. The molecule has 0 aliphatic heterocycles. The van der Waals surface area contributed by atoms with Crippen LogP contribution in [0.2, 0.25) is 0 Å². The number of ether oxygens (including phenoxy) is 3. The van der Waals surface area contributed by atoms with Crippen molar-refractivity contribution in [2.45, 2.75) is 13.3 Å². The quantitative estimate of drug-likeness (QED) is 0.338. The third-order valence-electron chi connectivity index (χ3n) is 4.88. The topological polar surface area (TPSA) is 69.7 Å². The van der Waals surface area contributed by atoms with Crippen molar-refractivity contribution < 1.29 is 32.2 Å². The molecule has 4 rings (SSSR count). The zero-order valence-electron chi connectivity index (χ0n) is 18.3. The Morgan fingerprint density at radius 2 is 1.74 bits per heavy atom. The Hall–Kier alpha value is -3.79. The molecule has 34 heavy (non-hydrogen) atoms. The van der Waals surface area contributed by atoms with Gasteiger partial charge in [-0.1, -0.05) is 6.07 Å². The molecule has 1 heterocycles. The van der Waals surface area contributed by atoms with Crippen LogP contribution in [0, 0.1) is 6.92 Å². The Kier molecular flexibility index (Phi) is 6.34. The summed E-state index contributed by atoms with van der Waals surface area (Å²) in [6.07, 6.45) is -4.88. The van der Waals surface area contributed by atoms with E-state index in [1.54, 1.807) is 18.2 Å². The highest BCUT2D eigenvalue weighted by Crippen LogP contribution is 2.38. The van der Waals surface area contributed by atoms with Crippen molar-refractivity contribution in [3.8, 4) is 27.8 Å². The zero-order chi connectivity index (χ0) is 24.5. The van der Waals surface area contributed by atoms with Gasteiger partial charge in [-0.15, -0.1) is 24.5 Å². The molecule has 0 saturated carbocycles. The molecule has 0 atom stereocenters. The second-order valence-corrected chi connectivity index (χ2v) is 8.30.